The Balaban J connectivity index is 1.73. The van der Waals surface area contributed by atoms with Gasteiger partial charge in [0, 0.05) is 13.1 Å². The monoisotopic (exact) mass is 306 g/mol. The van der Waals surface area contributed by atoms with Crippen LogP contribution in [0.4, 0.5) is 0 Å². The van der Waals surface area contributed by atoms with E-state index in [2.05, 4.69) is 15.5 Å². The predicted octanol–water partition coefficient (Wildman–Crippen LogP) is 2.14. The summed E-state index contributed by atoms with van der Waals surface area (Å²) < 4.78 is 7.19. The quantitative estimate of drug-likeness (QED) is 0.857. The zero-order valence-electron chi connectivity index (χ0n) is 12.3. The van der Waals surface area contributed by atoms with Gasteiger partial charge in [0.15, 0.2) is 11.0 Å². The van der Waals surface area contributed by atoms with Gasteiger partial charge in [-0.25, -0.2) is 0 Å². The molecule has 2 aromatic rings. The van der Waals surface area contributed by atoms with Gasteiger partial charge in [0.05, 0.1) is 17.1 Å². The standard InChI is InChI=1S/C14H18N4O2S/c1-8-11(6-7-20-8)12-16-17-14(18(12)3)21-9(2)13(19)15-10-4-5-10/h6-7,9-10H,4-5H2,1-3H3,(H,15,19)/t9-/m0/s1. The number of hydrogen-bond acceptors (Lipinski definition) is 5. The summed E-state index contributed by atoms with van der Waals surface area (Å²) in [6, 6.07) is 2.25. The molecular weight excluding hydrogens is 288 g/mol. The topological polar surface area (TPSA) is 72.9 Å². The summed E-state index contributed by atoms with van der Waals surface area (Å²) in [6.07, 6.45) is 3.83. The predicted molar refractivity (Wildman–Crippen MR) is 79.9 cm³/mol. The van der Waals surface area contributed by atoms with Gasteiger partial charge in [-0.15, -0.1) is 10.2 Å². The van der Waals surface area contributed by atoms with Crippen LogP contribution in [0, 0.1) is 6.92 Å². The molecule has 0 aliphatic heterocycles. The average Bonchev–Trinajstić information content (AvgIpc) is 3.06. The Morgan fingerprint density at radius 3 is 2.90 bits per heavy atom. The van der Waals surface area contributed by atoms with Crippen molar-refractivity contribution in [1.82, 2.24) is 20.1 Å². The zero-order valence-corrected chi connectivity index (χ0v) is 13.1. The molecule has 0 unspecified atom stereocenters. The number of nitrogens with one attached hydrogen (secondary N) is 1. The Kier molecular flexibility index (Phi) is 3.75. The number of nitrogens with zero attached hydrogens (tertiary/aromatic N) is 3. The van der Waals surface area contributed by atoms with E-state index >= 15 is 0 Å². The van der Waals surface area contributed by atoms with Crippen LogP contribution >= 0.6 is 11.8 Å². The van der Waals surface area contributed by atoms with Crippen molar-refractivity contribution in [3.8, 4) is 11.4 Å². The second-order valence-electron chi connectivity index (χ2n) is 5.30. The first kappa shape index (κ1) is 14.2. The lowest BCUT2D eigenvalue weighted by Crippen LogP contribution is -2.32. The van der Waals surface area contributed by atoms with E-state index in [-0.39, 0.29) is 11.2 Å². The first-order valence-electron chi connectivity index (χ1n) is 6.97. The van der Waals surface area contributed by atoms with Gasteiger partial charge in [0.2, 0.25) is 5.91 Å². The first-order valence-corrected chi connectivity index (χ1v) is 7.85. The van der Waals surface area contributed by atoms with Crippen LogP contribution in [-0.4, -0.2) is 32.0 Å². The van der Waals surface area contributed by atoms with Crippen LogP contribution in [0.5, 0.6) is 0 Å². The van der Waals surface area contributed by atoms with Gasteiger partial charge in [-0.2, -0.15) is 0 Å². The van der Waals surface area contributed by atoms with Crippen LogP contribution in [0.1, 0.15) is 25.5 Å². The molecule has 6 nitrogen and oxygen atoms in total. The third-order valence-electron chi connectivity index (χ3n) is 3.51. The van der Waals surface area contributed by atoms with Crippen LogP contribution in [-0.2, 0) is 11.8 Å². The van der Waals surface area contributed by atoms with Crippen molar-refractivity contribution in [3.05, 3.63) is 18.1 Å². The van der Waals surface area contributed by atoms with Crippen molar-refractivity contribution < 1.29 is 9.21 Å². The molecule has 1 aliphatic rings. The molecule has 2 aromatic heterocycles. The summed E-state index contributed by atoms with van der Waals surface area (Å²) in [6.45, 7) is 3.78. The van der Waals surface area contributed by atoms with Gasteiger partial charge in [0.25, 0.3) is 0 Å². The number of hydrogen-bond donors (Lipinski definition) is 1. The largest absolute Gasteiger partial charge is 0.469 e. The fourth-order valence-corrected chi connectivity index (χ4v) is 2.85. The minimum absolute atomic E-state index is 0.0616. The second kappa shape index (κ2) is 5.55. The molecule has 7 heteroatoms. The third-order valence-corrected chi connectivity index (χ3v) is 4.64. The molecule has 0 aromatic carbocycles. The number of aryl methyl sites for hydroxylation is 1. The Bertz CT molecular complexity index is 660. The fourth-order valence-electron chi connectivity index (χ4n) is 2.03. The number of amides is 1. The lowest BCUT2D eigenvalue weighted by atomic mass is 10.2. The van der Waals surface area contributed by atoms with Gasteiger partial charge >= 0.3 is 0 Å². The highest BCUT2D eigenvalue weighted by molar-refractivity contribution is 8.00. The summed E-state index contributed by atoms with van der Waals surface area (Å²) in [5, 5.41) is 11.9. The van der Waals surface area contributed by atoms with Crippen LogP contribution < -0.4 is 5.32 Å². The molecule has 1 saturated carbocycles. The number of thioether (sulfide) groups is 1. The maximum Gasteiger partial charge on any atom is 0.233 e. The van der Waals surface area contributed by atoms with Crippen molar-refractivity contribution in [2.24, 2.45) is 7.05 Å². The molecule has 1 aliphatic carbocycles. The summed E-state index contributed by atoms with van der Waals surface area (Å²) in [4.78, 5) is 12.0. The second-order valence-corrected chi connectivity index (χ2v) is 6.61. The molecule has 0 spiro atoms. The average molecular weight is 306 g/mol. The normalized spacial score (nSPS) is 16.0. The van der Waals surface area contributed by atoms with Gasteiger partial charge in [0.1, 0.15) is 5.76 Å². The molecule has 0 bridgehead atoms. The van der Waals surface area contributed by atoms with Crippen molar-refractivity contribution in [1.29, 1.82) is 0 Å². The van der Waals surface area contributed by atoms with Gasteiger partial charge in [-0.05, 0) is 32.8 Å². The number of carbonyl (C=O) groups is 1. The number of aromatic nitrogens is 3. The Morgan fingerprint density at radius 1 is 1.52 bits per heavy atom. The molecule has 0 radical (unpaired) electrons. The molecule has 1 amide bonds. The van der Waals surface area contributed by atoms with Crippen molar-refractivity contribution in [3.63, 3.8) is 0 Å². The van der Waals surface area contributed by atoms with Gasteiger partial charge in [-0.1, -0.05) is 11.8 Å². The molecule has 3 rings (SSSR count). The van der Waals surface area contributed by atoms with Crippen molar-refractivity contribution >= 4 is 17.7 Å². The lowest BCUT2D eigenvalue weighted by molar-refractivity contribution is -0.120. The number of carbonyl (C=O) groups excluding carboxylic acids is 1. The maximum atomic E-state index is 12.0. The Morgan fingerprint density at radius 2 is 2.29 bits per heavy atom. The third kappa shape index (κ3) is 2.97. The van der Waals surface area contributed by atoms with E-state index in [1.165, 1.54) is 11.8 Å². The van der Waals surface area contributed by atoms with Crippen LogP contribution in [0.3, 0.4) is 0 Å². The molecule has 2 heterocycles. The molecule has 112 valence electrons. The van der Waals surface area contributed by atoms with E-state index in [0.29, 0.717) is 6.04 Å². The highest BCUT2D eigenvalue weighted by Gasteiger charge is 2.27. The summed E-state index contributed by atoms with van der Waals surface area (Å²) in [7, 11) is 1.90. The van der Waals surface area contributed by atoms with E-state index in [1.54, 1.807) is 6.26 Å². The first-order chi connectivity index (χ1) is 10.1. The van der Waals surface area contributed by atoms with Crippen molar-refractivity contribution in [2.75, 3.05) is 0 Å². The van der Waals surface area contributed by atoms with E-state index in [4.69, 9.17) is 4.42 Å². The summed E-state index contributed by atoms with van der Waals surface area (Å²) in [5.41, 5.74) is 0.923. The fraction of sp³-hybridized carbons (Fsp3) is 0.500. The molecule has 1 N–H and O–H groups in total. The number of furan rings is 1. The van der Waals surface area contributed by atoms with Crippen LogP contribution in [0.25, 0.3) is 11.4 Å². The smallest absolute Gasteiger partial charge is 0.233 e. The highest BCUT2D eigenvalue weighted by atomic mass is 32.2. The Labute approximate surface area is 127 Å². The minimum atomic E-state index is -0.188. The minimum Gasteiger partial charge on any atom is -0.469 e. The van der Waals surface area contributed by atoms with Crippen molar-refractivity contribution in [2.45, 2.75) is 43.1 Å². The van der Waals surface area contributed by atoms with Crippen LogP contribution in [0.15, 0.2) is 21.9 Å². The van der Waals surface area contributed by atoms with E-state index in [0.717, 1.165) is 35.1 Å². The number of rotatable bonds is 5. The Hall–Kier alpha value is -1.76. The molecular formula is C14H18N4O2S. The molecule has 21 heavy (non-hydrogen) atoms. The summed E-state index contributed by atoms with van der Waals surface area (Å²) in [5.74, 6) is 1.62. The SMILES string of the molecule is Cc1occc1-c1nnc(S[C@@H](C)C(=O)NC2CC2)n1C. The summed E-state index contributed by atoms with van der Waals surface area (Å²) >= 11 is 1.42. The zero-order chi connectivity index (χ0) is 15.0. The maximum absolute atomic E-state index is 12.0. The van der Waals surface area contributed by atoms with Crippen LogP contribution in [0.2, 0.25) is 0 Å². The van der Waals surface area contributed by atoms with Gasteiger partial charge < -0.3 is 14.3 Å². The van der Waals surface area contributed by atoms with E-state index in [1.807, 2.05) is 31.5 Å². The lowest BCUT2D eigenvalue weighted by Gasteiger charge is -2.10. The van der Waals surface area contributed by atoms with E-state index < -0.39 is 0 Å². The molecule has 1 fully saturated rings. The van der Waals surface area contributed by atoms with Gasteiger partial charge in [-0.3, -0.25) is 4.79 Å². The molecule has 1 atom stereocenters. The van der Waals surface area contributed by atoms with E-state index in [9.17, 15) is 4.79 Å². The molecule has 0 saturated heterocycles. The highest BCUT2D eigenvalue weighted by Crippen LogP contribution is 2.28.